The van der Waals surface area contributed by atoms with E-state index in [1.807, 2.05) is 13.8 Å². The van der Waals surface area contributed by atoms with Crippen LogP contribution in [0.15, 0.2) is 24.3 Å². The van der Waals surface area contributed by atoms with E-state index in [-0.39, 0.29) is 36.3 Å². The van der Waals surface area contributed by atoms with Gasteiger partial charge in [-0.1, -0.05) is 6.07 Å². The third-order valence-corrected chi connectivity index (χ3v) is 5.43. The molecule has 0 aromatic heterocycles. The van der Waals surface area contributed by atoms with Crippen molar-refractivity contribution in [2.45, 2.75) is 51.4 Å². The number of carbonyl (C=O) groups excluding carboxylic acids is 3. The van der Waals surface area contributed by atoms with E-state index in [0.717, 1.165) is 12.8 Å². The molecule has 2 heterocycles. The van der Waals surface area contributed by atoms with Gasteiger partial charge in [0.05, 0.1) is 18.6 Å². The molecule has 174 valence electrons. The van der Waals surface area contributed by atoms with E-state index in [0.29, 0.717) is 31.0 Å². The maximum Gasteiger partial charge on any atom is 0.308 e. The Balaban J connectivity index is 1.59. The summed E-state index contributed by atoms with van der Waals surface area (Å²) in [7, 11) is 0. The van der Waals surface area contributed by atoms with E-state index in [1.165, 1.54) is 0 Å². The Labute approximate surface area is 192 Å². The average Bonchev–Trinajstić information content (AvgIpc) is 3.27. The Morgan fingerprint density at radius 2 is 2.19 bits per heavy atom. The molecule has 0 spiro atoms. The molecule has 0 bridgehead atoms. The number of ether oxygens (including phenoxy) is 3. The van der Waals surface area contributed by atoms with E-state index in [2.05, 4.69) is 10.6 Å². The van der Waals surface area contributed by atoms with E-state index in [4.69, 9.17) is 26.4 Å². The Bertz CT molecular complexity index is 856. The van der Waals surface area contributed by atoms with Crippen molar-refractivity contribution >= 4 is 35.1 Å². The minimum Gasteiger partial charge on any atom is -0.491 e. The highest BCUT2D eigenvalue weighted by atomic mass is 32.1. The van der Waals surface area contributed by atoms with Crippen molar-refractivity contribution in [2.75, 3.05) is 26.3 Å². The highest BCUT2D eigenvalue weighted by molar-refractivity contribution is 7.80. The summed E-state index contributed by atoms with van der Waals surface area (Å²) in [4.78, 5) is 39.0. The zero-order valence-corrected chi connectivity index (χ0v) is 19.1. The molecule has 9 nitrogen and oxygen atoms in total. The second kappa shape index (κ2) is 11.2. The monoisotopic (exact) mass is 463 g/mol. The number of nitrogens with zero attached hydrogens (tertiary/aromatic N) is 1. The predicted molar refractivity (Wildman–Crippen MR) is 120 cm³/mol. The fourth-order valence-corrected chi connectivity index (χ4v) is 3.87. The summed E-state index contributed by atoms with van der Waals surface area (Å²) >= 11 is 5.40. The van der Waals surface area contributed by atoms with Crippen LogP contribution in [0.5, 0.6) is 5.75 Å². The molecule has 2 aliphatic heterocycles. The summed E-state index contributed by atoms with van der Waals surface area (Å²) in [5.41, 5.74) is 0.375. The lowest BCUT2D eigenvalue weighted by Gasteiger charge is -2.36. The minimum atomic E-state index is -0.857. The molecule has 2 unspecified atom stereocenters. The second-order valence-electron chi connectivity index (χ2n) is 7.98. The van der Waals surface area contributed by atoms with Gasteiger partial charge >= 0.3 is 5.97 Å². The maximum absolute atomic E-state index is 12.7. The quantitative estimate of drug-likeness (QED) is 0.462. The van der Waals surface area contributed by atoms with Crippen LogP contribution in [-0.2, 0) is 19.1 Å². The van der Waals surface area contributed by atoms with Crippen LogP contribution in [0.1, 0.15) is 43.5 Å². The lowest BCUT2D eigenvalue weighted by atomic mass is 10.1. The summed E-state index contributed by atoms with van der Waals surface area (Å²) in [6.45, 7) is 5.36. The number of rotatable bonds is 7. The maximum atomic E-state index is 12.7. The molecule has 3 rings (SSSR count). The standard InChI is InChI=1S/C22H29N3O6S/c1-14(2)31-16-6-3-5-15(11-16)20(27)24-22(32)25-9-8-23-21(28)18(25)12-19(26)30-13-17-7-4-10-29-17/h3,5-6,11,14,17-18H,4,7-10,12-13H2,1-2H3,(H,23,28)(H,24,27,32). The van der Waals surface area contributed by atoms with E-state index in [1.54, 1.807) is 29.2 Å². The van der Waals surface area contributed by atoms with Crippen LogP contribution in [0.3, 0.4) is 0 Å². The van der Waals surface area contributed by atoms with Gasteiger partial charge in [0, 0.05) is 25.3 Å². The van der Waals surface area contributed by atoms with Gasteiger partial charge < -0.3 is 24.4 Å². The summed E-state index contributed by atoms with van der Waals surface area (Å²) in [6, 6.07) is 5.90. The van der Waals surface area contributed by atoms with Gasteiger partial charge in [-0.2, -0.15) is 0 Å². The summed E-state index contributed by atoms with van der Waals surface area (Å²) < 4.78 is 16.4. The number of nitrogens with one attached hydrogen (secondary N) is 2. The Morgan fingerprint density at radius 3 is 2.91 bits per heavy atom. The molecule has 2 atom stereocenters. The molecule has 0 aliphatic carbocycles. The highest BCUT2D eigenvalue weighted by Gasteiger charge is 2.34. The first-order valence-electron chi connectivity index (χ1n) is 10.8. The lowest BCUT2D eigenvalue weighted by molar-refractivity contribution is -0.150. The molecule has 2 N–H and O–H groups in total. The third-order valence-electron chi connectivity index (χ3n) is 5.09. The van der Waals surface area contributed by atoms with Crippen molar-refractivity contribution in [3.8, 4) is 5.75 Å². The zero-order chi connectivity index (χ0) is 23.1. The van der Waals surface area contributed by atoms with Crippen LogP contribution in [0.4, 0.5) is 0 Å². The number of piperazine rings is 1. The van der Waals surface area contributed by atoms with E-state index >= 15 is 0 Å². The first-order chi connectivity index (χ1) is 15.3. The zero-order valence-electron chi connectivity index (χ0n) is 18.3. The SMILES string of the molecule is CC(C)Oc1cccc(C(=O)NC(=S)N2CCNC(=O)C2CC(=O)OCC2CCCO2)c1. The van der Waals surface area contributed by atoms with Gasteiger partial charge in [-0.25, -0.2) is 0 Å². The molecular formula is C22H29N3O6S. The van der Waals surface area contributed by atoms with Crippen molar-refractivity contribution in [3.05, 3.63) is 29.8 Å². The average molecular weight is 464 g/mol. The molecule has 2 fully saturated rings. The number of esters is 1. The van der Waals surface area contributed by atoms with Crippen molar-refractivity contribution < 1.29 is 28.6 Å². The smallest absolute Gasteiger partial charge is 0.308 e. The molecule has 0 saturated carbocycles. The summed E-state index contributed by atoms with van der Waals surface area (Å²) in [5.74, 6) is -0.702. The van der Waals surface area contributed by atoms with E-state index < -0.39 is 17.9 Å². The first-order valence-corrected chi connectivity index (χ1v) is 11.2. The van der Waals surface area contributed by atoms with Crippen molar-refractivity contribution in [1.29, 1.82) is 0 Å². The van der Waals surface area contributed by atoms with Crippen molar-refractivity contribution in [2.24, 2.45) is 0 Å². The highest BCUT2D eigenvalue weighted by Crippen LogP contribution is 2.17. The van der Waals surface area contributed by atoms with Gasteiger partial charge in [0.25, 0.3) is 5.91 Å². The number of benzene rings is 1. The van der Waals surface area contributed by atoms with Crippen LogP contribution in [-0.4, -0.2) is 72.3 Å². The number of amides is 2. The summed E-state index contributed by atoms with van der Waals surface area (Å²) in [5, 5.41) is 5.47. The molecule has 1 aromatic carbocycles. The lowest BCUT2D eigenvalue weighted by Crippen LogP contribution is -2.60. The van der Waals surface area contributed by atoms with Crippen molar-refractivity contribution in [3.63, 3.8) is 0 Å². The van der Waals surface area contributed by atoms with E-state index in [9.17, 15) is 14.4 Å². The molecule has 10 heteroatoms. The molecule has 2 aliphatic rings. The van der Waals surface area contributed by atoms with Gasteiger partial charge in [-0.3, -0.25) is 19.7 Å². The second-order valence-corrected chi connectivity index (χ2v) is 8.36. The fraction of sp³-hybridized carbons (Fsp3) is 0.545. The minimum absolute atomic E-state index is 0.0259. The van der Waals surface area contributed by atoms with Gasteiger partial charge in [-0.15, -0.1) is 0 Å². The van der Waals surface area contributed by atoms with Gasteiger partial charge in [0.15, 0.2) is 5.11 Å². The Hall–Kier alpha value is -2.72. The van der Waals surface area contributed by atoms with Crippen LogP contribution >= 0.6 is 12.2 Å². The van der Waals surface area contributed by atoms with Crippen molar-refractivity contribution in [1.82, 2.24) is 15.5 Å². The molecular weight excluding hydrogens is 434 g/mol. The van der Waals surface area contributed by atoms with Crippen LogP contribution in [0.2, 0.25) is 0 Å². The van der Waals surface area contributed by atoms with Crippen LogP contribution < -0.4 is 15.4 Å². The Kier molecular flexibility index (Phi) is 8.40. The Morgan fingerprint density at radius 1 is 1.38 bits per heavy atom. The fourth-order valence-electron chi connectivity index (χ4n) is 3.56. The number of carbonyl (C=O) groups is 3. The molecule has 1 aromatic rings. The summed E-state index contributed by atoms with van der Waals surface area (Å²) in [6.07, 6.45) is 1.50. The third kappa shape index (κ3) is 6.64. The number of hydrogen-bond donors (Lipinski definition) is 2. The predicted octanol–water partition coefficient (Wildman–Crippen LogP) is 1.40. The number of thiocarbonyl (C=S) groups is 1. The van der Waals surface area contributed by atoms with Gasteiger partial charge in [0.1, 0.15) is 18.4 Å². The normalized spacial score (nSPS) is 20.6. The van der Waals surface area contributed by atoms with Crippen LogP contribution in [0, 0.1) is 0 Å². The topological polar surface area (TPSA) is 106 Å². The molecule has 2 amide bonds. The van der Waals surface area contributed by atoms with Gasteiger partial charge in [-0.05, 0) is 57.1 Å². The molecule has 2 saturated heterocycles. The molecule has 0 radical (unpaired) electrons. The van der Waals surface area contributed by atoms with Crippen LogP contribution in [0.25, 0.3) is 0 Å². The largest absolute Gasteiger partial charge is 0.491 e. The molecule has 32 heavy (non-hydrogen) atoms. The number of hydrogen-bond acceptors (Lipinski definition) is 7. The van der Waals surface area contributed by atoms with Gasteiger partial charge in [0.2, 0.25) is 5.91 Å². The first kappa shape index (κ1) is 23.9.